The Balaban J connectivity index is 2.09. The van der Waals surface area contributed by atoms with Crippen molar-refractivity contribution < 1.29 is 9.50 Å². The minimum Gasteiger partial charge on any atom is -0.507 e. The van der Waals surface area contributed by atoms with Gasteiger partial charge in [-0.15, -0.1) is 11.3 Å². The Bertz CT molecular complexity index is 833. The van der Waals surface area contributed by atoms with Crippen molar-refractivity contribution in [1.82, 2.24) is 15.8 Å². The molecule has 4 N–H and O–H groups in total. The summed E-state index contributed by atoms with van der Waals surface area (Å²) in [7, 11) is 0. The maximum atomic E-state index is 13.0. The van der Waals surface area contributed by atoms with E-state index in [1.165, 1.54) is 23.5 Å². The zero-order valence-electron chi connectivity index (χ0n) is 11.1. The van der Waals surface area contributed by atoms with Gasteiger partial charge in [0.1, 0.15) is 20.9 Å². The number of hydrogen-bond acceptors (Lipinski definition) is 5. The van der Waals surface area contributed by atoms with E-state index in [4.69, 9.17) is 12.2 Å². The number of aromatic nitrogens is 1. The van der Waals surface area contributed by atoms with Crippen LogP contribution in [0.1, 0.15) is 18.4 Å². The quantitative estimate of drug-likeness (QED) is 0.601. The Kier molecular flexibility index (Phi) is 4.05. The number of nitrogens with one attached hydrogen (secondary N) is 3. The number of thiazole rings is 1. The minimum atomic E-state index is -0.463. The molecular formula is C14H14FN3OS2. The van der Waals surface area contributed by atoms with E-state index in [1.54, 1.807) is 6.08 Å². The number of hydrazine groups is 1. The van der Waals surface area contributed by atoms with Gasteiger partial charge in [0.25, 0.3) is 0 Å². The third-order valence-electron chi connectivity index (χ3n) is 3.18. The Morgan fingerprint density at radius 3 is 2.95 bits per heavy atom. The Morgan fingerprint density at radius 1 is 1.38 bits per heavy atom. The Labute approximate surface area is 129 Å². The maximum absolute atomic E-state index is 13.0. The molecule has 1 fully saturated rings. The summed E-state index contributed by atoms with van der Waals surface area (Å²) in [5, 5.41) is 9.76. The van der Waals surface area contributed by atoms with Crippen LogP contribution >= 0.6 is 23.6 Å². The van der Waals surface area contributed by atoms with Crippen molar-refractivity contribution in [2.24, 2.45) is 0 Å². The molecule has 7 heteroatoms. The van der Waals surface area contributed by atoms with Crippen molar-refractivity contribution in [2.75, 3.05) is 6.54 Å². The largest absolute Gasteiger partial charge is 0.507 e. The highest BCUT2D eigenvalue weighted by molar-refractivity contribution is 7.71. The van der Waals surface area contributed by atoms with E-state index < -0.39 is 5.82 Å². The molecule has 0 radical (unpaired) electrons. The molecule has 0 spiro atoms. The van der Waals surface area contributed by atoms with Crippen LogP contribution in [-0.4, -0.2) is 16.6 Å². The lowest BCUT2D eigenvalue weighted by molar-refractivity contribution is 0.468. The van der Waals surface area contributed by atoms with Gasteiger partial charge in [-0.1, -0.05) is 12.2 Å². The number of rotatable bonds is 1. The molecule has 0 bridgehead atoms. The van der Waals surface area contributed by atoms with Gasteiger partial charge in [-0.05, 0) is 31.1 Å². The van der Waals surface area contributed by atoms with Crippen LogP contribution in [0.4, 0.5) is 4.39 Å². The predicted octanol–water partition coefficient (Wildman–Crippen LogP) is 1.48. The molecule has 1 aliphatic rings. The minimum absolute atomic E-state index is 0.0931. The second kappa shape index (κ2) is 5.97. The molecule has 2 aromatic rings. The number of halogens is 1. The van der Waals surface area contributed by atoms with Crippen LogP contribution in [0.5, 0.6) is 5.75 Å². The second-order valence-electron chi connectivity index (χ2n) is 4.73. The smallest absolute Gasteiger partial charge is 0.126 e. The van der Waals surface area contributed by atoms with Gasteiger partial charge < -0.3 is 15.5 Å². The normalized spacial score (nSPS) is 18.6. The fourth-order valence-corrected chi connectivity index (χ4v) is 3.44. The molecule has 110 valence electrons. The van der Waals surface area contributed by atoms with Crippen LogP contribution in [-0.2, 0) is 0 Å². The Morgan fingerprint density at radius 2 is 2.24 bits per heavy atom. The van der Waals surface area contributed by atoms with Gasteiger partial charge in [0, 0.05) is 18.2 Å². The van der Waals surface area contributed by atoms with E-state index >= 15 is 0 Å². The van der Waals surface area contributed by atoms with E-state index in [-0.39, 0.29) is 5.75 Å². The van der Waals surface area contributed by atoms with Crippen LogP contribution in [0.3, 0.4) is 0 Å². The van der Waals surface area contributed by atoms with Crippen LogP contribution in [0, 0.1) is 10.5 Å². The van der Waals surface area contributed by atoms with Gasteiger partial charge in [0.2, 0.25) is 0 Å². The van der Waals surface area contributed by atoms with E-state index in [2.05, 4.69) is 15.8 Å². The first kappa shape index (κ1) is 14.2. The van der Waals surface area contributed by atoms with Crippen molar-refractivity contribution in [2.45, 2.75) is 12.8 Å². The van der Waals surface area contributed by atoms with Crippen molar-refractivity contribution in [1.29, 1.82) is 0 Å². The average molecular weight is 323 g/mol. The lowest BCUT2D eigenvalue weighted by atomic mass is 10.2. The highest BCUT2D eigenvalue weighted by atomic mass is 32.1. The van der Waals surface area contributed by atoms with Crippen LogP contribution in [0.25, 0.3) is 11.8 Å². The van der Waals surface area contributed by atoms with Crippen LogP contribution < -0.4 is 20.0 Å². The van der Waals surface area contributed by atoms with Crippen molar-refractivity contribution in [3.8, 4) is 5.75 Å². The van der Waals surface area contributed by atoms with E-state index in [1.807, 2.05) is 0 Å². The van der Waals surface area contributed by atoms with E-state index in [0.717, 1.165) is 40.3 Å². The predicted molar refractivity (Wildman–Crippen MR) is 84.2 cm³/mol. The first-order chi connectivity index (χ1) is 10.1. The van der Waals surface area contributed by atoms with Crippen molar-refractivity contribution >= 4 is 35.3 Å². The summed E-state index contributed by atoms with van der Waals surface area (Å²) in [6, 6.07) is 3.94. The summed E-state index contributed by atoms with van der Waals surface area (Å²) in [5.41, 5.74) is 7.88. The molecular weight excluding hydrogens is 309 g/mol. The van der Waals surface area contributed by atoms with Crippen molar-refractivity contribution in [3.05, 3.63) is 43.4 Å². The lowest BCUT2D eigenvalue weighted by Crippen LogP contribution is -2.38. The monoisotopic (exact) mass is 323 g/mol. The molecule has 0 unspecified atom stereocenters. The summed E-state index contributed by atoms with van der Waals surface area (Å²) >= 11 is 6.83. The molecule has 1 aromatic carbocycles. The lowest BCUT2D eigenvalue weighted by Gasteiger charge is -2.16. The second-order valence-corrected chi connectivity index (χ2v) is 6.19. The van der Waals surface area contributed by atoms with E-state index in [0.29, 0.717) is 10.2 Å². The van der Waals surface area contributed by atoms with Gasteiger partial charge in [-0.2, -0.15) is 0 Å². The number of aromatic hydroxyl groups is 1. The number of benzene rings is 1. The molecule has 0 amide bonds. The molecule has 0 atom stereocenters. The van der Waals surface area contributed by atoms with Crippen LogP contribution in [0.15, 0.2) is 18.2 Å². The molecule has 3 rings (SSSR count). The summed E-state index contributed by atoms with van der Waals surface area (Å²) in [6.07, 6.45) is 3.79. The SMILES string of the molecule is Oc1cc(F)ccc1C=c1sc(=C2CCCNN2)[nH]c1=S. The Hall–Kier alpha value is -1.70. The fourth-order valence-electron chi connectivity index (χ4n) is 2.11. The molecule has 4 nitrogen and oxygen atoms in total. The van der Waals surface area contributed by atoms with Gasteiger partial charge in [0.05, 0.1) is 10.2 Å². The first-order valence-electron chi connectivity index (χ1n) is 6.55. The zero-order valence-corrected chi connectivity index (χ0v) is 12.7. The summed E-state index contributed by atoms with van der Waals surface area (Å²) in [6.45, 7) is 0.943. The van der Waals surface area contributed by atoms with Gasteiger partial charge >= 0.3 is 0 Å². The highest BCUT2D eigenvalue weighted by Gasteiger charge is 2.06. The third-order valence-corrected chi connectivity index (χ3v) is 4.73. The van der Waals surface area contributed by atoms with Gasteiger partial charge in [-0.25, -0.2) is 9.82 Å². The number of phenolic OH excluding ortho intramolecular Hbond substituents is 1. The topological polar surface area (TPSA) is 60.1 Å². The summed E-state index contributed by atoms with van der Waals surface area (Å²) < 4.78 is 15.4. The maximum Gasteiger partial charge on any atom is 0.126 e. The number of aromatic amines is 1. The number of phenols is 1. The van der Waals surface area contributed by atoms with Gasteiger partial charge in [-0.3, -0.25) is 0 Å². The first-order valence-corrected chi connectivity index (χ1v) is 7.77. The molecule has 0 saturated carbocycles. The van der Waals surface area contributed by atoms with Crippen molar-refractivity contribution in [3.63, 3.8) is 0 Å². The standard InChI is InChI=1S/C14H14FN3OS2/c15-9-4-3-8(11(19)7-9)6-12-13(20)17-14(21-12)10-2-1-5-16-18-10/h3-4,6-7,16,18-19H,1-2,5H2,(H,17,20). The highest BCUT2D eigenvalue weighted by Crippen LogP contribution is 2.18. The summed E-state index contributed by atoms with van der Waals surface area (Å²) in [5.74, 6) is -0.556. The van der Waals surface area contributed by atoms with E-state index in [9.17, 15) is 9.50 Å². The average Bonchev–Trinajstić information content (AvgIpc) is 2.84. The molecule has 21 heavy (non-hydrogen) atoms. The van der Waals surface area contributed by atoms with Crippen LogP contribution in [0.2, 0.25) is 0 Å². The zero-order chi connectivity index (χ0) is 14.8. The summed E-state index contributed by atoms with van der Waals surface area (Å²) in [4.78, 5) is 3.17. The molecule has 1 aliphatic heterocycles. The molecule has 1 saturated heterocycles. The number of hydrogen-bond donors (Lipinski definition) is 4. The fraction of sp³-hybridized carbons (Fsp3) is 0.214. The molecule has 1 aromatic heterocycles. The van der Waals surface area contributed by atoms with Gasteiger partial charge in [0.15, 0.2) is 0 Å². The molecule has 2 heterocycles. The third kappa shape index (κ3) is 3.15. The molecule has 0 aliphatic carbocycles. The number of H-pyrrole nitrogens is 1.